The lowest BCUT2D eigenvalue weighted by Gasteiger charge is -2.07. The maximum Gasteiger partial charge on any atom is 0.339 e. The number of halogens is 1. The first-order chi connectivity index (χ1) is 8.18. The molecule has 1 aromatic carbocycles. The fraction of sp³-hybridized carbons (Fsp3) is 0. The number of hydrogen-bond acceptors (Lipinski definition) is 3. The summed E-state index contributed by atoms with van der Waals surface area (Å²) < 4.78 is 18.4. The van der Waals surface area contributed by atoms with E-state index in [-0.39, 0.29) is 17.2 Å². The number of nitrogens with zero attached hydrogens (tertiary/aromatic N) is 1. The Kier molecular flexibility index (Phi) is 3.00. The van der Waals surface area contributed by atoms with Gasteiger partial charge in [0.2, 0.25) is 0 Å². The smallest absolute Gasteiger partial charge is 0.339 e. The molecule has 86 valence electrons. The molecule has 0 fully saturated rings. The fourth-order valence-corrected chi connectivity index (χ4v) is 1.28. The van der Waals surface area contributed by atoms with Crippen LogP contribution in [0.15, 0.2) is 42.6 Å². The van der Waals surface area contributed by atoms with Gasteiger partial charge in [-0.3, -0.25) is 0 Å². The van der Waals surface area contributed by atoms with Crippen LogP contribution in [0, 0.1) is 5.82 Å². The number of aromatic carboxylic acids is 1. The van der Waals surface area contributed by atoms with E-state index in [1.807, 2.05) is 0 Å². The second kappa shape index (κ2) is 4.61. The molecule has 0 amide bonds. The molecule has 0 saturated carbocycles. The zero-order chi connectivity index (χ0) is 12.3. The molecule has 0 aliphatic carbocycles. The normalized spacial score (nSPS) is 9.94. The third-order valence-corrected chi connectivity index (χ3v) is 2.05. The van der Waals surface area contributed by atoms with Crippen LogP contribution in [0.5, 0.6) is 11.6 Å². The number of benzene rings is 1. The Morgan fingerprint density at radius 3 is 2.71 bits per heavy atom. The molecule has 2 aromatic rings. The van der Waals surface area contributed by atoms with Crippen molar-refractivity contribution in [3.63, 3.8) is 0 Å². The van der Waals surface area contributed by atoms with E-state index < -0.39 is 11.8 Å². The van der Waals surface area contributed by atoms with Gasteiger partial charge in [-0.1, -0.05) is 12.1 Å². The van der Waals surface area contributed by atoms with Gasteiger partial charge in [-0.05, 0) is 24.3 Å². The Morgan fingerprint density at radius 2 is 2.00 bits per heavy atom. The van der Waals surface area contributed by atoms with Crippen LogP contribution in [0.2, 0.25) is 0 Å². The Hall–Kier alpha value is -2.43. The molecule has 0 atom stereocenters. The monoisotopic (exact) mass is 233 g/mol. The van der Waals surface area contributed by atoms with Gasteiger partial charge in [0.15, 0.2) is 5.82 Å². The minimum atomic E-state index is -1.14. The van der Waals surface area contributed by atoms with E-state index in [2.05, 4.69) is 4.98 Å². The SMILES string of the molecule is O=C(O)c1ccccc1Oc1ncccc1F. The lowest BCUT2D eigenvalue weighted by molar-refractivity contribution is 0.0694. The van der Waals surface area contributed by atoms with Crippen molar-refractivity contribution in [3.05, 3.63) is 54.0 Å². The molecule has 17 heavy (non-hydrogen) atoms. The summed E-state index contributed by atoms with van der Waals surface area (Å²) >= 11 is 0. The van der Waals surface area contributed by atoms with Crippen molar-refractivity contribution in [2.24, 2.45) is 0 Å². The van der Waals surface area contributed by atoms with Crippen LogP contribution in [0.25, 0.3) is 0 Å². The van der Waals surface area contributed by atoms with Gasteiger partial charge in [-0.15, -0.1) is 0 Å². The van der Waals surface area contributed by atoms with Gasteiger partial charge in [0.05, 0.1) is 0 Å². The van der Waals surface area contributed by atoms with Gasteiger partial charge in [-0.2, -0.15) is 0 Å². The van der Waals surface area contributed by atoms with Crippen LogP contribution in [-0.2, 0) is 0 Å². The summed E-state index contributed by atoms with van der Waals surface area (Å²) in [6.07, 6.45) is 1.36. The first-order valence-electron chi connectivity index (χ1n) is 4.79. The number of rotatable bonds is 3. The highest BCUT2D eigenvalue weighted by Crippen LogP contribution is 2.25. The Balaban J connectivity index is 2.37. The third-order valence-electron chi connectivity index (χ3n) is 2.05. The van der Waals surface area contributed by atoms with Gasteiger partial charge in [0.1, 0.15) is 11.3 Å². The summed E-state index contributed by atoms with van der Waals surface area (Å²) in [5, 5.41) is 8.92. The number of carboxylic acid groups (broad SMARTS) is 1. The first kappa shape index (κ1) is 11.1. The van der Waals surface area contributed by atoms with Gasteiger partial charge >= 0.3 is 5.97 Å². The van der Waals surface area contributed by atoms with Gasteiger partial charge in [0.25, 0.3) is 5.88 Å². The molecule has 0 spiro atoms. The van der Waals surface area contributed by atoms with E-state index in [0.717, 1.165) is 0 Å². The minimum absolute atomic E-state index is 0.0439. The lowest BCUT2D eigenvalue weighted by atomic mass is 10.2. The van der Waals surface area contributed by atoms with E-state index in [9.17, 15) is 9.18 Å². The van der Waals surface area contributed by atoms with Crippen molar-refractivity contribution < 1.29 is 19.0 Å². The predicted molar refractivity (Wildman–Crippen MR) is 57.7 cm³/mol. The summed E-state index contributed by atoms with van der Waals surface area (Å²) in [6.45, 7) is 0. The maximum absolute atomic E-state index is 13.3. The number of carbonyl (C=O) groups is 1. The molecule has 5 heteroatoms. The second-order valence-corrected chi connectivity index (χ2v) is 3.19. The average Bonchev–Trinajstić information content (AvgIpc) is 2.32. The largest absolute Gasteiger partial charge is 0.478 e. The third kappa shape index (κ3) is 2.39. The van der Waals surface area contributed by atoms with Crippen molar-refractivity contribution in [2.45, 2.75) is 0 Å². The molecule has 4 nitrogen and oxygen atoms in total. The minimum Gasteiger partial charge on any atom is -0.478 e. The predicted octanol–water partition coefficient (Wildman–Crippen LogP) is 2.71. The van der Waals surface area contributed by atoms with Crippen molar-refractivity contribution in [1.82, 2.24) is 4.98 Å². The maximum atomic E-state index is 13.3. The molecule has 0 aliphatic heterocycles. The molecule has 0 radical (unpaired) electrons. The van der Waals surface area contributed by atoms with Crippen molar-refractivity contribution in [3.8, 4) is 11.6 Å². The number of pyridine rings is 1. The molecular formula is C12H8FNO3. The van der Waals surface area contributed by atoms with Crippen LogP contribution in [0.1, 0.15) is 10.4 Å². The summed E-state index contributed by atoms with van der Waals surface area (Å²) in [7, 11) is 0. The molecule has 1 aromatic heterocycles. The van der Waals surface area contributed by atoms with E-state index in [1.165, 1.54) is 30.5 Å². The van der Waals surface area contributed by atoms with Crippen molar-refractivity contribution in [1.29, 1.82) is 0 Å². The van der Waals surface area contributed by atoms with Crippen molar-refractivity contribution >= 4 is 5.97 Å². The molecule has 0 unspecified atom stereocenters. The summed E-state index contributed by atoms with van der Waals surface area (Å²) in [5.41, 5.74) is -0.0439. The number of carboxylic acids is 1. The van der Waals surface area contributed by atoms with E-state index in [1.54, 1.807) is 12.1 Å². The molecule has 1 heterocycles. The number of hydrogen-bond donors (Lipinski definition) is 1. The van der Waals surface area contributed by atoms with Gasteiger partial charge in [0, 0.05) is 6.20 Å². The van der Waals surface area contributed by atoms with Gasteiger partial charge in [-0.25, -0.2) is 14.2 Å². The van der Waals surface area contributed by atoms with Crippen LogP contribution in [0.3, 0.4) is 0 Å². The number of ether oxygens (including phenoxy) is 1. The zero-order valence-corrected chi connectivity index (χ0v) is 8.63. The Bertz CT molecular complexity index is 557. The van der Waals surface area contributed by atoms with Crippen LogP contribution in [-0.4, -0.2) is 16.1 Å². The highest BCUT2D eigenvalue weighted by molar-refractivity contribution is 5.90. The lowest BCUT2D eigenvalue weighted by Crippen LogP contribution is -2.01. The number of para-hydroxylation sites is 1. The Morgan fingerprint density at radius 1 is 1.24 bits per heavy atom. The standard InChI is InChI=1S/C12H8FNO3/c13-9-5-3-7-14-11(9)17-10-6-2-1-4-8(10)12(15)16/h1-7H,(H,15,16). The summed E-state index contributed by atoms with van der Waals surface area (Å²) in [6, 6.07) is 8.58. The van der Waals surface area contributed by atoms with Gasteiger partial charge < -0.3 is 9.84 Å². The zero-order valence-electron chi connectivity index (χ0n) is 8.63. The fourth-order valence-electron chi connectivity index (χ4n) is 1.28. The molecule has 0 aliphatic rings. The molecular weight excluding hydrogens is 225 g/mol. The second-order valence-electron chi connectivity index (χ2n) is 3.19. The molecule has 2 rings (SSSR count). The van der Waals surface area contributed by atoms with Crippen LogP contribution < -0.4 is 4.74 Å². The van der Waals surface area contributed by atoms with E-state index in [4.69, 9.17) is 9.84 Å². The number of aromatic nitrogens is 1. The summed E-state index contributed by atoms with van der Waals surface area (Å²) in [5.74, 6) is -1.98. The van der Waals surface area contributed by atoms with E-state index in [0.29, 0.717) is 0 Å². The highest BCUT2D eigenvalue weighted by Gasteiger charge is 2.13. The topological polar surface area (TPSA) is 59.4 Å². The van der Waals surface area contributed by atoms with E-state index >= 15 is 0 Å². The average molecular weight is 233 g/mol. The summed E-state index contributed by atoms with van der Waals surface area (Å²) in [4.78, 5) is 14.6. The Labute approximate surface area is 96.3 Å². The van der Waals surface area contributed by atoms with Crippen molar-refractivity contribution in [2.75, 3.05) is 0 Å². The van der Waals surface area contributed by atoms with Crippen LogP contribution >= 0.6 is 0 Å². The highest BCUT2D eigenvalue weighted by atomic mass is 19.1. The molecule has 0 bridgehead atoms. The molecule has 0 saturated heterocycles. The quantitative estimate of drug-likeness (QED) is 0.885. The van der Waals surface area contributed by atoms with Crippen LogP contribution in [0.4, 0.5) is 4.39 Å². The molecule has 1 N–H and O–H groups in total. The first-order valence-corrected chi connectivity index (χ1v) is 4.79.